The monoisotopic (exact) mass is 382 g/mol. The zero-order valence-corrected chi connectivity index (χ0v) is 16.8. The Bertz CT molecular complexity index is 771. The van der Waals surface area contributed by atoms with Gasteiger partial charge in [-0.1, -0.05) is 25.1 Å². The second-order valence-corrected chi connectivity index (χ2v) is 7.85. The number of hydrogen-bond acceptors (Lipinski definition) is 4. The molecule has 1 aliphatic heterocycles. The summed E-state index contributed by atoms with van der Waals surface area (Å²) in [6, 6.07) is 8.85. The van der Waals surface area contributed by atoms with Gasteiger partial charge in [0.15, 0.2) is 0 Å². The van der Waals surface area contributed by atoms with Crippen molar-refractivity contribution in [2.24, 2.45) is 16.1 Å². The van der Waals surface area contributed by atoms with Crippen molar-refractivity contribution in [1.82, 2.24) is 10.2 Å². The van der Waals surface area contributed by atoms with E-state index in [1.165, 1.54) is 19.0 Å². The van der Waals surface area contributed by atoms with E-state index in [9.17, 15) is 9.59 Å². The fraction of sp³-hybridized carbons (Fsp3) is 0.500. The van der Waals surface area contributed by atoms with Gasteiger partial charge in [0, 0.05) is 19.3 Å². The molecule has 1 spiro atoms. The zero-order valence-electron chi connectivity index (χ0n) is 16.8. The van der Waals surface area contributed by atoms with Gasteiger partial charge in [-0.25, -0.2) is 0 Å². The molecule has 150 valence electrons. The van der Waals surface area contributed by atoms with Crippen LogP contribution in [0.3, 0.4) is 0 Å². The Kier molecular flexibility index (Phi) is 6.17. The fourth-order valence-corrected chi connectivity index (χ4v) is 3.78. The van der Waals surface area contributed by atoms with Crippen molar-refractivity contribution in [3.05, 3.63) is 42.1 Å². The number of nitrogens with one attached hydrogen (secondary N) is 1. The molecule has 1 unspecified atom stereocenters. The van der Waals surface area contributed by atoms with Gasteiger partial charge in [-0.3, -0.25) is 14.6 Å². The van der Waals surface area contributed by atoms with Crippen LogP contribution in [0.2, 0.25) is 0 Å². The standard InChI is InChI=1S/C22H30N4O2/c1-3-19(25-17-7-5-4-6-8-17)18(15-23)20(27)24-16(2)21(28)26-13-11-22(9-10-22)12-14-26/h4-8,15-16H,3,9-14,23H2,1-2H3,(H,24,27)/b18-15+,25-19?. The van der Waals surface area contributed by atoms with Gasteiger partial charge >= 0.3 is 0 Å². The van der Waals surface area contributed by atoms with Crippen LogP contribution in [0.1, 0.15) is 46.0 Å². The van der Waals surface area contributed by atoms with E-state index >= 15 is 0 Å². The molecular formula is C22H30N4O2. The minimum atomic E-state index is -0.592. The van der Waals surface area contributed by atoms with Crippen molar-refractivity contribution in [2.45, 2.75) is 52.0 Å². The van der Waals surface area contributed by atoms with Crippen LogP contribution in [0, 0.1) is 5.41 Å². The molecular weight excluding hydrogens is 352 g/mol. The van der Waals surface area contributed by atoms with Gasteiger partial charge in [0.25, 0.3) is 5.91 Å². The SMILES string of the molecule is CCC(=Nc1ccccc1)/C(=C\N)C(=O)NC(C)C(=O)N1CCC2(CC1)CC2. The molecule has 2 fully saturated rings. The minimum absolute atomic E-state index is 0.0294. The highest BCUT2D eigenvalue weighted by molar-refractivity contribution is 6.22. The smallest absolute Gasteiger partial charge is 0.255 e. The Balaban J connectivity index is 1.62. The summed E-state index contributed by atoms with van der Waals surface area (Å²) in [6.07, 6.45) is 6.59. The van der Waals surface area contributed by atoms with E-state index in [2.05, 4.69) is 10.3 Å². The molecule has 1 saturated heterocycles. The zero-order chi connectivity index (χ0) is 20.1. The van der Waals surface area contributed by atoms with Gasteiger partial charge in [0.2, 0.25) is 5.91 Å². The highest BCUT2D eigenvalue weighted by atomic mass is 16.2. The van der Waals surface area contributed by atoms with Crippen LogP contribution in [0.25, 0.3) is 0 Å². The van der Waals surface area contributed by atoms with Crippen LogP contribution in [-0.4, -0.2) is 41.6 Å². The molecule has 0 bridgehead atoms. The van der Waals surface area contributed by atoms with E-state index in [0.29, 0.717) is 23.1 Å². The van der Waals surface area contributed by atoms with Gasteiger partial charge in [0.05, 0.1) is 17.0 Å². The molecule has 1 atom stereocenters. The van der Waals surface area contributed by atoms with Gasteiger partial charge < -0.3 is 16.0 Å². The van der Waals surface area contributed by atoms with Crippen LogP contribution in [0.15, 0.2) is 47.1 Å². The van der Waals surface area contributed by atoms with E-state index in [4.69, 9.17) is 5.73 Å². The number of nitrogens with two attached hydrogens (primary N) is 1. The summed E-state index contributed by atoms with van der Waals surface area (Å²) < 4.78 is 0. The Morgan fingerprint density at radius 3 is 2.39 bits per heavy atom. The van der Waals surface area contributed by atoms with E-state index in [1.54, 1.807) is 6.92 Å². The Labute approximate surface area is 166 Å². The lowest BCUT2D eigenvalue weighted by Crippen LogP contribution is -2.50. The summed E-state index contributed by atoms with van der Waals surface area (Å²) in [5.74, 6) is -0.395. The Morgan fingerprint density at radius 2 is 1.86 bits per heavy atom. The van der Waals surface area contributed by atoms with Gasteiger partial charge in [0.1, 0.15) is 6.04 Å². The van der Waals surface area contributed by atoms with Crippen molar-refractivity contribution in [3.63, 3.8) is 0 Å². The molecule has 3 N–H and O–H groups in total. The lowest BCUT2D eigenvalue weighted by Gasteiger charge is -2.34. The average molecular weight is 383 g/mol. The summed E-state index contributed by atoms with van der Waals surface area (Å²) in [4.78, 5) is 31.9. The van der Waals surface area contributed by atoms with Gasteiger partial charge in [-0.05, 0) is 56.6 Å². The third kappa shape index (κ3) is 4.61. The maximum atomic E-state index is 12.8. The molecule has 0 radical (unpaired) electrons. The first-order chi connectivity index (χ1) is 13.5. The van der Waals surface area contributed by atoms with Crippen LogP contribution >= 0.6 is 0 Å². The Morgan fingerprint density at radius 1 is 1.21 bits per heavy atom. The third-order valence-electron chi connectivity index (χ3n) is 5.89. The highest BCUT2D eigenvalue weighted by Gasteiger charge is 2.45. The van der Waals surface area contributed by atoms with Gasteiger partial charge in [-0.15, -0.1) is 0 Å². The fourth-order valence-electron chi connectivity index (χ4n) is 3.78. The molecule has 1 aliphatic carbocycles. The normalized spacial score (nSPS) is 20.0. The molecule has 28 heavy (non-hydrogen) atoms. The number of hydrogen-bond donors (Lipinski definition) is 2. The van der Waals surface area contributed by atoms with Crippen molar-refractivity contribution in [1.29, 1.82) is 0 Å². The number of benzene rings is 1. The van der Waals surface area contributed by atoms with Crippen molar-refractivity contribution < 1.29 is 9.59 Å². The molecule has 1 aromatic carbocycles. The second-order valence-electron chi connectivity index (χ2n) is 7.85. The number of rotatable bonds is 6. The highest BCUT2D eigenvalue weighted by Crippen LogP contribution is 2.53. The first-order valence-corrected chi connectivity index (χ1v) is 10.1. The number of carbonyl (C=O) groups excluding carboxylic acids is 2. The number of nitrogens with zero attached hydrogens (tertiary/aromatic N) is 2. The number of carbonyl (C=O) groups is 2. The van der Waals surface area contributed by atoms with Crippen molar-refractivity contribution in [2.75, 3.05) is 13.1 Å². The average Bonchev–Trinajstić information content (AvgIpc) is 3.47. The van der Waals surface area contributed by atoms with Crippen LogP contribution in [0.5, 0.6) is 0 Å². The summed E-state index contributed by atoms with van der Waals surface area (Å²) in [5.41, 5.74) is 7.92. The maximum Gasteiger partial charge on any atom is 0.255 e. The van der Waals surface area contributed by atoms with E-state index in [0.717, 1.165) is 31.6 Å². The predicted octanol–water partition coefficient (Wildman–Crippen LogP) is 2.92. The summed E-state index contributed by atoms with van der Waals surface area (Å²) in [7, 11) is 0. The largest absolute Gasteiger partial charge is 0.404 e. The van der Waals surface area contributed by atoms with Crippen LogP contribution in [0.4, 0.5) is 5.69 Å². The topological polar surface area (TPSA) is 87.8 Å². The molecule has 3 rings (SSSR count). The second kappa shape index (κ2) is 8.59. The molecule has 1 aromatic rings. The van der Waals surface area contributed by atoms with Gasteiger partial charge in [-0.2, -0.15) is 0 Å². The minimum Gasteiger partial charge on any atom is -0.404 e. The molecule has 1 saturated carbocycles. The molecule has 0 aromatic heterocycles. The number of likely N-dealkylation sites (tertiary alicyclic amines) is 1. The first kappa shape index (κ1) is 20.1. The number of amides is 2. The molecule has 1 heterocycles. The summed E-state index contributed by atoms with van der Waals surface area (Å²) in [5, 5.41) is 2.81. The Hall–Kier alpha value is -2.63. The lowest BCUT2D eigenvalue weighted by atomic mass is 9.93. The maximum absolute atomic E-state index is 12.8. The molecule has 6 heteroatoms. The number of piperidine rings is 1. The van der Waals surface area contributed by atoms with Crippen molar-refractivity contribution in [3.8, 4) is 0 Å². The first-order valence-electron chi connectivity index (χ1n) is 10.1. The third-order valence-corrected chi connectivity index (χ3v) is 5.89. The molecule has 2 aliphatic rings. The number of para-hydroxylation sites is 1. The van der Waals surface area contributed by atoms with E-state index in [-0.39, 0.29) is 11.8 Å². The van der Waals surface area contributed by atoms with Crippen LogP contribution < -0.4 is 11.1 Å². The molecule has 6 nitrogen and oxygen atoms in total. The molecule has 2 amide bonds. The number of aliphatic imine (C=N–C) groups is 1. The predicted molar refractivity (Wildman–Crippen MR) is 111 cm³/mol. The lowest BCUT2D eigenvalue weighted by molar-refractivity contribution is -0.136. The van der Waals surface area contributed by atoms with Crippen molar-refractivity contribution >= 4 is 23.2 Å². The van der Waals surface area contributed by atoms with E-state index in [1.807, 2.05) is 42.2 Å². The van der Waals surface area contributed by atoms with E-state index < -0.39 is 6.04 Å². The quantitative estimate of drug-likeness (QED) is 0.586. The van der Waals surface area contributed by atoms with Crippen LogP contribution in [-0.2, 0) is 9.59 Å². The summed E-state index contributed by atoms with van der Waals surface area (Å²) >= 11 is 0. The summed E-state index contributed by atoms with van der Waals surface area (Å²) in [6.45, 7) is 5.23.